The topological polar surface area (TPSA) is 81.0 Å². The van der Waals surface area contributed by atoms with Gasteiger partial charge in [0.05, 0.1) is 6.26 Å². The summed E-state index contributed by atoms with van der Waals surface area (Å²) >= 11 is 0. The first kappa shape index (κ1) is 19.6. The van der Waals surface area contributed by atoms with Crippen molar-refractivity contribution in [3.05, 3.63) is 77.2 Å². The SMILES string of the molecule is CCN(Cc1ccc2c(c1)OCO2)C(=O)c1ccc(C)c(NC(=O)c2ccco2)c1. The standard InChI is InChI=1S/C23H22N2O5/c1-3-25(13-16-7-9-19-21(11-16)30-14-29-19)23(27)17-8-6-15(2)18(12-17)24-22(26)20-5-4-10-28-20/h4-12H,3,13-14H2,1-2H3,(H,24,26). The van der Waals surface area contributed by atoms with Crippen molar-refractivity contribution in [3.8, 4) is 11.5 Å². The van der Waals surface area contributed by atoms with Crippen LogP contribution in [0.25, 0.3) is 0 Å². The molecule has 1 N–H and O–H groups in total. The maximum Gasteiger partial charge on any atom is 0.291 e. The summed E-state index contributed by atoms with van der Waals surface area (Å²) in [5.74, 6) is 1.13. The third-order valence-electron chi connectivity index (χ3n) is 4.96. The van der Waals surface area contributed by atoms with Crippen molar-refractivity contribution in [1.29, 1.82) is 0 Å². The minimum atomic E-state index is -0.361. The van der Waals surface area contributed by atoms with Crippen LogP contribution in [0.2, 0.25) is 0 Å². The number of fused-ring (bicyclic) bond motifs is 1. The lowest BCUT2D eigenvalue weighted by Crippen LogP contribution is -2.30. The number of anilines is 1. The maximum atomic E-state index is 13.1. The molecule has 2 amide bonds. The first-order valence-electron chi connectivity index (χ1n) is 9.68. The molecule has 1 aliphatic rings. The molecule has 0 aliphatic carbocycles. The molecule has 0 saturated heterocycles. The van der Waals surface area contributed by atoms with Crippen LogP contribution in [0, 0.1) is 6.92 Å². The molecule has 0 unspecified atom stereocenters. The molecule has 7 nitrogen and oxygen atoms in total. The Labute approximate surface area is 174 Å². The number of amides is 2. The van der Waals surface area contributed by atoms with Crippen LogP contribution in [-0.4, -0.2) is 30.1 Å². The Morgan fingerprint density at radius 1 is 1.07 bits per heavy atom. The van der Waals surface area contributed by atoms with Crippen LogP contribution in [0.5, 0.6) is 11.5 Å². The molecule has 3 aromatic rings. The van der Waals surface area contributed by atoms with Gasteiger partial charge in [-0.05, 0) is 61.4 Å². The van der Waals surface area contributed by atoms with E-state index in [1.54, 1.807) is 29.2 Å². The molecule has 154 valence electrons. The van der Waals surface area contributed by atoms with Crippen LogP contribution in [0.3, 0.4) is 0 Å². The largest absolute Gasteiger partial charge is 0.459 e. The predicted molar refractivity (Wildman–Crippen MR) is 111 cm³/mol. The second-order valence-corrected chi connectivity index (χ2v) is 6.97. The fraction of sp³-hybridized carbons (Fsp3) is 0.217. The molecule has 30 heavy (non-hydrogen) atoms. The zero-order valence-electron chi connectivity index (χ0n) is 16.8. The number of rotatable bonds is 6. The Morgan fingerprint density at radius 2 is 1.90 bits per heavy atom. The highest BCUT2D eigenvalue weighted by molar-refractivity contribution is 6.03. The lowest BCUT2D eigenvalue weighted by Gasteiger charge is -2.22. The average Bonchev–Trinajstić information content (AvgIpc) is 3.44. The van der Waals surface area contributed by atoms with Crippen molar-refractivity contribution in [2.24, 2.45) is 0 Å². The third-order valence-corrected chi connectivity index (χ3v) is 4.96. The van der Waals surface area contributed by atoms with E-state index in [0.29, 0.717) is 35.8 Å². The molecule has 0 spiro atoms. The van der Waals surface area contributed by atoms with Crippen molar-refractivity contribution in [1.82, 2.24) is 4.90 Å². The Kier molecular flexibility index (Phi) is 5.43. The number of benzene rings is 2. The zero-order valence-corrected chi connectivity index (χ0v) is 16.8. The molecule has 2 heterocycles. The number of ether oxygens (including phenoxy) is 2. The van der Waals surface area contributed by atoms with E-state index in [0.717, 1.165) is 11.1 Å². The van der Waals surface area contributed by atoms with Gasteiger partial charge in [0, 0.05) is 24.3 Å². The molecule has 2 aromatic carbocycles. The van der Waals surface area contributed by atoms with E-state index < -0.39 is 0 Å². The van der Waals surface area contributed by atoms with Gasteiger partial charge >= 0.3 is 0 Å². The summed E-state index contributed by atoms with van der Waals surface area (Å²) in [4.78, 5) is 27.2. The highest BCUT2D eigenvalue weighted by Crippen LogP contribution is 2.33. The summed E-state index contributed by atoms with van der Waals surface area (Å²) < 4.78 is 15.9. The van der Waals surface area contributed by atoms with E-state index in [1.807, 2.05) is 38.1 Å². The summed E-state index contributed by atoms with van der Waals surface area (Å²) in [6, 6.07) is 14.2. The predicted octanol–water partition coefficient (Wildman–Crippen LogP) is 4.23. The molecule has 7 heteroatoms. The Hall–Kier alpha value is -3.74. The quantitative estimate of drug-likeness (QED) is 0.663. The van der Waals surface area contributed by atoms with Crippen molar-refractivity contribution in [2.75, 3.05) is 18.7 Å². The van der Waals surface area contributed by atoms with Gasteiger partial charge in [-0.15, -0.1) is 0 Å². The first-order valence-corrected chi connectivity index (χ1v) is 9.68. The molecule has 0 saturated carbocycles. The maximum absolute atomic E-state index is 13.1. The number of carbonyl (C=O) groups excluding carboxylic acids is 2. The van der Waals surface area contributed by atoms with Gasteiger partial charge in [-0.2, -0.15) is 0 Å². The number of aryl methyl sites for hydroxylation is 1. The summed E-state index contributed by atoms with van der Waals surface area (Å²) in [6.45, 7) is 4.99. The number of nitrogens with one attached hydrogen (secondary N) is 1. The van der Waals surface area contributed by atoms with Crippen molar-refractivity contribution >= 4 is 17.5 Å². The fourth-order valence-electron chi connectivity index (χ4n) is 3.25. The molecule has 0 radical (unpaired) electrons. The van der Waals surface area contributed by atoms with Gasteiger partial charge in [-0.25, -0.2) is 0 Å². The summed E-state index contributed by atoms with van der Waals surface area (Å²) in [7, 11) is 0. The van der Waals surface area contributed by atoms with Gasteiger partial charge in [0.25, 0.3) is 11.8 Å². The van der Waals surface area contributed by atoms with Crippen molar-refractivity contribution in [2.45, 2.75) is 20.4 Å². The van der Waals surface area contributed by atoms with Gasteiger partial charge < -0.3 is 24.1 Å². The van der Waals surface area contributed by atoms with Gasteiger partial charge in [-0.3, -0.25) is 9.59 Å². The lowest BCUT2D eigenvalue weighted by molar-refractivity contribution is 0.0752. The van der Waals surface area contributed by atoms with E-state index >= 15 is 0 Å². The monoisotopic (exact) mass is 406 g/mol. The smallest absolute Gasteiger partial charge is 0.291 e. The Bertz CT molecular complexity index is 1080. The van der Waals surface area contributed by atoms with Crippen LogP contribution in [0.15, 0.2) is 59.2 Å². The van der Waals surface area contributed by atoms with E-state index in [2.05, 4.69) is 5.32 Å². The minimum absolute atomic E-state index is 0.122. The van der Waals surface area contributed by atoms with Crippen molar-refractivity contribution < 1.29 is 23.5 Å². The van der Waals surface area contributed by atoms with E-state index in [1.165, 1.54) is 6.26 Å². The summed E-state index contributed by atoms with van der Waals surface area (Å²) in [5, 5.41) is 2.81. The molecule has 0 fully saturated rings. The van der Waals surface area contributed by atoms with E-state index in [-0.39, 0.29) is 24.4 Å². The van der Waals surface area contributed by atoms with Crippen LogP contribution < -0.4 is 14.8 Å². The summed E-state index contributed by atoms with van der Waals surface area (Å²) in [6.07, 6.45) is 1.44. The Morgan fingerprint density at radius 3 is 2.67 bits per heavy atom. The molecule has 0 bridgehead atoms. The molecule has 0 atom stereocenters. The molecule has 1 aliphatic heterocycles. The van der Waals surface area contributed by atoms with Gasteiger partial charge in [0.2, 0.25) is 6.79 Å². The summed E-state index contributed by atoms with van der Waals surface area (Å²) in [5.41, 5.74) is 2.87. The van der Waals surface area contributed by atoms with Gasteiger partial charge in [-0.1, -0.05) is 12.1 Å². The van der Waals surface area contributed by atoms with E-state index in [4.69, 9.17) is 13.9 Å². The molecular weight excluding hydrogens is 384 g/mol. The number of nitrogens with zero attached hydrogens (tertiary/aromatic N) is 1. The van der Waals surface area contributed by atoms with E-state index in [9.17, 15) is 9.59 Å². The van der Waals surface area contributed by atoms with Crippen LogP contribution in [-0.2, 0) is 6.54 Å². The average molecular weight is 406 g/mol. The lowest BCUT2D eigenvalue weighted by atomic mass is 10.1. The number of carbonyl (C=O) groups is 2. The van der Waals surface area contributed by atoms with Gasteiger partial charge in [0.1, 0.15) is 0 Å². The minimum Gasteiger partial charge on any atom is -0.459 e. The van der Waals surface area contributed by atoms with Crippen LogP contribution in [0.4, 0.5) is 5.69 Å². The van der Waals surface area contributed by atoms with Crippen LogP contribution >= 0.6 is 0 Å². The highest BCUT2D eigenvalue weighted by Gasteiger charge is 2.19. The second-order valence-electron chi connectivity index (χ2n) is 6.97. The zero-order chi connectivity index (χ0) is 21.1. The third kappa shape index (κ3) is 4.00. The van der Waals surface area contributed by atoms with Crippen LogP contribution in [0.1, 0.15) is 39.0 Å². The normalized spacial score (nSPS) is 11.9. The number of hydrogen-bond acceptors (Lipinski definition) is 5. The van der Waals surface area contributed by atoms with Crippen molar-refractivity contribution in [3.63, 3.8) is 0 Å². The Balaban J connectivity index is 1.51. The highest BCUT2D eigenvalue weighted by atomic mass is 16.7. The first-order chi connectivity index (χ1) is 14.5. The number of hydrogen-bond donors (Lipinski definition) is 1. The number of furan rings is 1. The molecule has 4 rings (SSSR count). The second kappa shape index (κ2) is 8.32. The molecular formula is C23H22N2O5. The fourth-order valence-corrected chi connectivity index (χ4v) is 3.25. The molecule has 1 aromatic heterocycles. The van der Waals surface area contributed by atoms with Gasteiger partial charge in [0.15, 0.2) is 17.3 Å².